The van der Waals surface area contributed by atoms with Crippen LogP contribution in [-0.4, -0.2) is 24.0 Å². The van der Waals surface area contributed by atoms with Gasteiger partial charge in [0.2, 0.25) is 0 Å². The lowest BCUT2D eigenvalue weighted by Gasteiger charge is -2.32. The lowest BCUT2D eigenvalue weighted by atomic mass is 9.96. The molecule has 1 aliphatic carbocycles. The van der Waals surface area contributed by atoms with Gasteiger partial charge in [-0.05, 0) is 61.1 Å². The van der Waals surface area contributed by atoms with Gasteiger partial charge in [0.15, 0.2) is 0 Å². The largest absolute Gasteiger partial charge is 0.299 e. The second kappa shape index (κ2) is 10.4. The molecule has 0 radical (unpaired) electrons. The standard InChI is InChI=1S/C28H33N/c1-4-10-24(11-5-1)18-19-28(22-26-14-8-3-9-15-26)29(23-27-16-17-27)21-20-25-12-6-2-7-13-25/h1-15,27-28H,16-23H2. The molecule has 0 aliphatic heterocycles. The Hall–Kier alpha value is -2.38. The van der Waals surface area contributed by atoms with Crippen molar-refractivity contribution in [2.75, 3.05) is 13.1 Å². The lowest BCUT2D eigenvalue weighted by Crippen LogP contribution is -2.40. The van der Waals surface area contributed by atoms with Crippen LogP contribution in [0.5, 0.6) is 0 Å². The van der Waals surface area contributed by atoms with Gasteiger partial charge in [-0.3, -0.25) is 4.90 Å². The van der Waals surface area contributed by atoms with E-state index in [2.05, 4.69) is 95.9 Å². The molecule has 0 N–H and O–H groups in total. The molecule has 4 rings (SSSR count). The zero-order valence-corrected chi connectivity index (χ0v) is 17.4. The smallest absolute Gasteiger partial charge is 0.0139 e. The molecule has 0 amide bonds. The van der Waals surface area contributed by atoms with Crippen molar-refractivity contribution in [2.45, 2.75) is 44.6 Å². The van der Waals surface area contributed by atoms with Gasteiger partial charge in [0, 0.05) is 19.1 Å². The SMILES string of the molecule is c1ccc(CCC(Cc2ccccc2)N(CCc2ccccc2)CC2CC2)cc1. The molecule has 29 heavy (non-hydrogen) atoms. The van der Waals surface area contributed by atoms with Crippen molar-refractivity contribution in [3.8, 4) is 0 Å². The van der Waals surface area contributed by atoms with Crippen molar-refractivity contribution >= 4 is 0 Å². The minimum atomic E-state index is 0.599. The maximum Gasteiger partial charge on any atom is 0.0139 e. The Morgan fingerprint density at radius 1 is 0.655 bits per heavy atom. The highest BCUT2D eigenvalue weighted by molar-refractivity contribution is 5.18. The third kappa shape index (κ3) is 6.58. The second-order valence-electron chi connectivity index (χ2n) is 8.54. The summed E-state index contributed by atoms with van der Waals surface area (Å²) in [5.41, 5.74) is 4.38. The van der Waals surface area contributed by atoms with E-state index in [1.54, 1.807) is 0 Å². The maximum atomic E-state index is 2.81. The number of hydrogen-bond acceptors (Lipinski definition) is 1. The summed E-state index contributed by atoms with van der Waals surface area (Å²) in [5, 5.41) is 0. The fourth-order valence-electron chi connectivity index (χ4n) is 4.25. The van der Waals surface area contributed by atoms with Crippen molar-refractivity contribution in [1.29, 1.82) is 0 Å². The van der Waals surface area contributed by atoms with E-state index in [-0.39, 0.29) is 0 Å². The van der Waals surface area contributed by atoms with Crippen LogP contribution in [0, 0.1) is 5.92 Å². The van der Waals surface area contributed by atoms with E-state index in [1.807, 2.05) is 0 Å². The van der Waals surface area contributed by atoms with Gasteiger partial charge in [0.05, 0.1) is 0 Å². The molecule has 1 heteroatoms. The summed E-state index contributed by atoms with van der Waals surface area (Å²) in [7, 11) is 0. The quantitative estimate of drug-likeness (QED) is 0.382. The third-order valence-corrected chi connectivity index (χ3v) is 6.16. The average Bonchev–Trinajstić information content (AvgIpc) is 3.60. The molecular weight excluding hydrogens is 350 g/mol. The predicted octanol–water partition coefficient (Wildman–Crippen LogP) is 6.19. The first-order chi connectivity index (χ1) is 14.4. The molecule has 0 spiro atoms. The zero-order chi connectivity index (χ0) is 19.7. The summed E-state index contributed by atoms with van der Waals surface area (Å²) in [5.74, 6) is 0.917. The van der Waals surface area contributed by atoms with Gasteiger partial charge in [-0.25, -0.2) is 0 Å². The number of aryl methyl sites for hydroxylation is 1. The van der Waals surface area contributed by atoms with Crippen molar-refractivity contribution in [3.05, 3.63) is 108 Å². The molecular formula is C28H33N. The monoisotopic (exact) mass is 383 g/mol. The van der Waals surface area contributed by atoms with E-state index in [1.165, 1.54) is 42.5 Å². The Kier molecular flexibility index (Phi) is 7.15. The van der Waals surface area contributed by atoms with E-state index in [0.717, 1.165) is 31.7 Å². The minimum Gasteiger partial charge on any atom is -0.299 e. The van der Waals surface area contributed by atoms with Crippen molar-refractivity contribution < 1.29 is 0 Å². The summed E-state index contributed by atoms with van der Waals surface area (Å²) in [6, 6.07) is 33.6. The van der Waals surface area contributed by atoms with Gasteiger partial charge >= 0.3 is 0 Å². The van der Waals surface area contributed by atoms with Crippen LogP contribution >= 0.6 is 0 Å². The fourth-order valence-corrected chi connectivity index (χ4v) is 4.25. The molecule has 1 fully saturated rings. The summed E-state index contributed by atoms with van der Waals surface area (Å²) in [6.45, 7) is 2.42. The molecule has 1 saturated carbocycles. The fraction of sp³-hybridized carbons (Fsp3) is 0.357. The molecule has 3 aromatic rings. The van der Waals surface area contributed by atoms with Gasteiger partial charge in [-0.1, -0.05) is 91.0 Å². The topological polar surface area (TPSA) is 3.24 Å². The van der Waals surface area contributed by atoms with E-state index in [9.17, 15) is 0 Å². The van der Waals surface area contributed by atoms with E-state index in [4.69, 9.17) is 0 Å². The van der Waals surface area contributed by atoms with E-state index in [0.29, 0.717) is 6.04 Å². The highest BCUT2D eigenvalue weighted by Crippen LogP contribution is 2.31. The molecule has 150 valence electrons. The van der Waals surface area contributed by atoms with Crippen LogP contribution in [0.25, 0.3) is 0 Å². The normalized spacial score (nSPS) is 14.8. The van der Waals surface area contributed by atoms with Crippen LogP contribution in [0.4, 0.5) is 0 Å². The molecule has 3 aromatic carbocycles. The Bertz CT molecular complexity index is 824. The third-order valence-electron chi connectivity index (χ3n) is 6.16. The Morgan fingerprint density at radius 2 is 1.17 bits per heavy atom. The molecule has 1 unspecified atom stereocenters. The number of nitrogens with zero attached hydrogens (tertiary/aromatic N) is 1. The van der Waals surface area contributed by atoms with Crippen LogP contribution in [0.2, 0.25) is 0 Å². The zero-order valence-electron chi connectivity index (χ0n) is 17.4. The number of hydrogen-bond donors (Lipinski definition) is 0. The first kappa shape index (κ1) is 19.9. The van der Waals surface area contributed by atoms with Gasteiger partial charge in [0.1, 0.15) is 0 Å². The van der Waals surface area contributed by atoms with Crippen molar-refractivity contribution in [2.24, 2.45) is 5.92 Å². The molecule has 0 bridgehead atoms. The van der Waals surface area contributed by atoms with Crippen LogP contribution in [0.1, 0.15) is 36.0 Å². The molecule has 0 heterocycles. The number of benzene rings is 3. The van der Waals surface area contributed by atoms with Crippen LogP contribution in [0.15, 0.2) is 91.0 Å². The van der Waals surface area contributed by atoms with E-state index >= 15 is 0 Å². The van der Waals surface area contributed by atoms with Gasteiger partial charge < -0.3 is 0 Å². The molecule has 0 aromatic heterocycles. The molecule has 0 saturated heterocycles. The molecule has 1 aliphatic rings. The average molecular weight is 384 g/mol. The predicted molar refractivity (Wildman–Crippen MR) is 123 cm³/mol. The summed E-state index contributed by atoms with van der Waals surface area (Å²) >= 11 is 0. The van der Waals surface area contributed by atoms with Gasteiger partial charge in [-0.15, -0.1) is 0 Å². The van der Waals surface area contributed by atoms with Crippen molar-refractivity contribution in [1.82, 2.24) is 4.90 Å². The first-order valence-electron chi connectivity index (χ1n) is 11.2. The Labute approximate surface area is 176 Å². The van der Waals surface area contributed by atoms with E-state index < -0.39 is 0 Å². The highest BCUT2D eigenvalue weighted by Gasteiger charge is 2.28. The van der Waals surface area contributed by atoms with Gasteiger partial charge in [-0.2, -0.15) is 0 Å². The van der Waals surface area contributed by atoms with Crippen LogP contribution in [-0.2, 0) is 19.3 Å². The Balaban J connectivity index is 1.47. The van der Waals surface area contributed by atoms with Gasteiger partial charge in [0.25, 0.3) is 0 Å². The summed E-state index contributed by atoms with van der Waals surface area (Å²) < 4.78 is 0. The minimum absolute atomic E-state index is 0.599. The highest BCUT2D eigenvalue weighted by atomic mass is 15.2. The van der Waals surface area contributed by atoms with Crippen LogP contribution in [0.3, 0.4) is 0 Å². The Morgan fingerprint density at radius 3 is 1.72 bits per heavy atom. The summed E-state index contributed by atoms with van der Waals surface area (Å²) in [6.07, 6.45) is 7.50. The second-order valence-corrected chi connectivity index (χ2v) is 8.54. The lowest BCUT2D eigenvalue weighted by molar-refractivity contribution is 0.179. The number of rotatable bonds is 11. The maximum absolute atomic E-state index is 2.81. The first-order valence-corrected chi connectivity index (χ1v) is 11.2. The summed E-state index contributed by atoms with van der Waals surface area (Å²) in [4.78, 5) is 2.81. The molecule has 1 nitrogen and oxygen atoms in total. The van der Waals surface area contributed by atoms with Crippen molar-refractivity contribution in [3.63, 3.8) is 0 Å². The van der Waals surface area contributed by atoms with Crippen LogP contribution < -0.4 is 0 Å². The molecule has 1 atom stereocenters.